The van der Waals surface area contributed by atoms with E-state index in [2.05, 4.69) is 0 Å². The number of hydrogen-bond acceptors (Lipinski definition) is 6. The number of nitrogens with zero attached hydrogens (tertiary/aromatic N) is 1. The van der Waals surface area contributed by atoms with Crippen molar-refractivity contribution in [3.8, 4) is 23.0 Å². The van der Waals surface area contributed by atoms with Crippen molar-refractivity contribution in [1.82, 2.24) is 4.57 Å². The summed E-state index contributed by atoms with van der Waals surface area (Å²) in [6.45, 7) is 0. The Labute approximate surface area is 203 Å². The predicted octanol–water partition coefficient (Wildman–Crippen LogP) is 5.26. The van der Waals surface area contributed by atoms with Crippen LogP contribution in [0.15, 0.2) is 72.9 Å². The number of rotatable bonds is 8. The molecule has 7 heteroatoms. The summed E-state index contributed by atoms with van der Waals surface area (Å²) in [7, 11) is 6.05. The molecule has 1 heterocycles. The molecule has 0 amide bonds. The predicted molar refractivity (Wildman–Crippen MR) is 134 cm³/mol. The van der Waals surface area contributed by atoms with Crippen LogP contribution in [0.5, 0.6) is 23.0 Å². The van der Waals surface area contributed by atoms with Gasteiger partial charge in [0.05, 0.1) is 34.0 Å². The first-order valence-corrected chi connectivity index (χ1v) is 10.8. The van der Waals surface area contributed by atoms with Gasteiger partial charge in [0.15, 0.2) is 17.3 Å². The molecule has 0 unspecified atom stereocenters. The minimum absolute atomic E-state index is 0.198. The fourth-order valence-corrected chi connectivity index (χ4v) is 3.89. The van der Waals surface area contributed by atoms with Crippen molar-refractivity contribution < 1.29 is 28.5 Å². The third-order valence-corrected chi connectivity index (χ3v) is 5.64. The van der Waals surface area contributed by atoms with E-state index in [1.807, 2.05) is 24.3 Å². The van der Waals surface area contributed by atoms with Crippen molar-refractivity contribution in [1.29, 1.82) is 0 Å². The molecule has 0 atom stereocenters. The second-order valence-corrected chi connectivity index (χ2v) is 7.62. The largest absolute Gasteiger partial charge is 0.497 e. The summed E-state index contributed by atoms with van der Waals surface area (Å²) in [5.41, 5.74) is 2.35. The van der Waals surface area contributed by atoms with E-state index >= 15 is 0 Å². The molecule has 0 spiro atoms. The van der Waals surface area contributed by atoms with E-state index < -0.39 is 0 Å². The minimum atomic E-state index is -0.250. The summed E-state index contributed by atoms with van der Waals surface area (Å²) in [5, 5.41) is 0.845. The minimum Gasteiger partial charge on any atom is -0.497 e. The van der Waals surface area contributed by atoms with Gasteiger partial charge >= 0.3 is 0 Å². The third-order valence-electron chi connectivity index (χ3n) is 5.64. The smallest absolute Gasteiger partial charge is 0.262 e. The molecule has 0 bridgehead atoms. The number of carbonyl (C=O) groups excluding carboxylic acids is 2. The van der Waals surface area contributed by atoms with Crippen LogP contribution in [-0.2, 0) is 0 Å². The average molecular weight is 472 g/mol. The maximum absolute atomic E-state index is 13.3. The van der Waals surface area contributed by atoms with E-state index in [0.717, 1.165) is 16.5 Å². The number of hydrogen-bond donors (Lipinski definition) is 0. The Morgan fingerprint density at radius 1 is 0.771 bits per heavy atom. The first kappa shape index (κ1) is 23.6. The SMILES string of the molecule is COc1cccc(C(=O)n2cc(C=CC(=O)c3cc(OC)c(OC)c(OC)c3)c3ccccc32)c1. The van der Waals surface area contributed by atoms with Gasteiger partial charge in [-0.1, -0.05) is 24.3 Å². The Morgan fingerprint density at radius 3 is 2.14 bits per heavy atom. The van der Waals surface area contributed by atoms with E-state index in [0.29, 0.717) is 34.1 Å². The zero-order chi connectivity index (χ0) is 24.9. The number of ether oxygens (including phenoxy) is 4. The van der Waals surface area contributed by atoms with Crippen LogP contribution in [0.2, 0.25) is 0 Å². The fraction of sp³-hybridized carbons (Fsp3) is 0.143. The lowest BCUT2D eigenvalue weighted by atomic mass is 10.1. The van der Waals surface area contributed by atoms with Gasteiger partial charge in [-0.15, -0.1) is 0 Å². The molecule has 0 saturated carbocycles. The number of fused-ring (bicyclic) bond motifs is 1. The Kier molecular flexibility index (Phi) is 6.87. The normalized spacial score (nSPS) is 11.0. The summed E-state index contributed by atoms with van der Waals surface area (Å²) < 4.78 is 22.8. The Hall–Kier alpha value is -4.52. The van der Waals surface area contributed by atoms with Crippen LogP contribution in [0.3, 0.4) is 0 Å². The van der Waals surface area contributed by atoms with Crippen molar-refractivity contribution >= 4 is 28.7 Å². The van der Waals surface area contributed by atoms with Crippen LogP contribution in [0, 0.1) is 0 Å². The van der Waals surface area contributed by atoms with Gasteiger partial charge in [-0.25, -0.2) is 0 Å². The maximum Gasteiger partial charge on any atom is 0.262 e. The molecular weight excluding hydrogens is 446 g/mol. The molecule has 178 valence electrons. The average Bonchev–Trinajstić information content (AvgIpc) is 3.28. The summed E-state index contributed by atoms with van der Waals surface area (Å²) in [5.74, 6) is 1.35. The van der Waals surface area contributed by atoms with Crippen LogP contribution in [0.25, 0.3) is 17.0 Å². The Balaban J connectivity index is 1.71. The molecule has 35 heavy (non-hydrogen) atoms. The van der Waals surface area contributed by atoms with Gasteiger partial charge in [0.2, 0.25) is 5.75 Å². The quantitative estimate of drug-likeness (QED) is 0.258. The van der Waals surface area contributed by atoms with Crippen LogP contribution in [0.1, 0.15) is 26.3 Å². The van der Waals surface area contributed by atoms with Crippen LogP contribution < -0.4 is 18.9 Å². The van der Waals surface area contributed by atoms with Gasteiger partial charge in [0.1, 0.15) is 5.75 Å². The molecule has 0 fully saturated rings. The van der Waals surface area contributed by atoms with Crippen LogP contribution in [0.4, 0.5) is 0 Å². The van der Waals surface area contributed by atoms with Crippen LogP contribution in [-0.4, -0.2) is 44.7 Å². The molecule has 3 aromatic carbocycles. The lowest BCUT2D eigenvalue weighted by Crippen LogP contribution is -2.10. The zero-order valence-electron chi connectivity index (χ0n) is 19.9. The van der Waals surface area contributed by atoms with Gasteiger partial charge in [-0.05, 0) is 48.6 Å². The molecule has 0 N–H and O–H groups in total. The molecule has 0 aliphatic heterocycles. The molecule has 7 nitrogen and oxygen atoms in total. The van der Waals surface area contributed by atoms with Crippen molar-refractivity contribution in [2.45, 2.75) is 0 Å². The lowest BCUT2D eigenvalue weighted by Gasteiger charge is -2.13. The van der Waals surface area contributed by atoms with Crippen molar-refractivity contribution in [3.63, 3.8) is 0 Å². The molecule has 0 aliphatic rings. The fourth-order valence-electron chi connectivity index (χ4n) is 3.89. The number of allylic oxidation sites excluding steroid dienone is 1. The summed E-state index contributed by atoms with van der Waals surface area (Å²) in [6, 6.07) is 17.7. The summed E-state index contributed by atoms with van der Waals surface area (Å²) in [6.07, 6.45) is 4.89. The van der Waals surface area contributed by atoms with E-state index in [1.165, 1.54) is 27.4 Å². The lowest BCUT2D eigenvalue weighted by molar-refractivity contribution is 0.0964. The summed E-state index contributed by atoms with van der Waals surface area (Å²) >= 11 is 0. The van der Waals surface area contributed by atoms with Gasteiger partial charge in [-0.2, -0.15) is 0 Å². The molecule has 1 aromatic heterocycles. The summed E-state index contributed by atoms with van der Waals surface area (Å²) in [4.78, 5) is 26.3. The highest BCUT2D eigenvalue weighted by molar-refractivity contribution is 6.09. The zero-order valence-corrected chi connectivity index (χ0v) is 19.9. The van der Waals surface area contributed by atoms with Crippen LogP contribution >= 0.6 is 0 Å². The van der Waals surface area contributed by atoms with Crippen molar-refractivity contribution in [2.24, 2.45) is 0 Å². The number of aromatic nitrogens is 1. The third kappa shape index (κ3) is 4.61. The van der Waals surface area contributed by atoms with Gasteiger partial charge < -0.3 is 18.9 Å². The molecule has 4 rings (SSSR count). The van der Waals surface area contributed by atoms with Gasteiger partial charge in [0, 0.05) is 28.3 Å². The number of para-hydroxylation sites is 1. The first-order chi connectivity index (χ1) is 17.0. The molecule has 0 saturated heterocycles. The van der Waals surface area contributed by atoms with E-state index in [4.69, 9.17) is 18.9 Å². The highest BCUT2D eigenvalue weighted by Crippen LogP contribution is 2.38. The maximum atomic E-state index is 13.3. The molecule has 0 radical (unpaired) electrons. The highest BCUT2D eigenvalue weighted by Gasteiger charge is 2.17. The Bertz CT molecular complexity index is 1410. The second-order valence-electron chi connectivity index (χ2n) is 7.62. The van der Waals surface area contributed by atoms with E-state index in [1.54, 1.807) is 60.3 Å². The molecule has 0 aliphatic carbocycles. The number of methoxy groups -OCH3 is 4. The van der Waals surface area contributed by atoms with Gasteiger partial charge in [-0.3, -0.25) is 14.2 Å². The van der Waals surface area contributed by atoms with E-state index in [-0.39, 0.29) is 11.7 Å². The highest BCUT2D eigenvalue weighted by atomic mass is 16.5. The number of benzene rings is 3. The second kappa shape index (κ2) is 10.2. The monoisotopic (exact) mass is 471 g/mol. The number of ketones is 1. The standard InChI is InChI=1S/C28H25NO6/c1-32-21-9-7-8-18(14-21)28(31)29-17-19(22-10-5-6-11-23(22)29)12-13-24(30)20-15-25(33-2)27(35-4)26(16-20)34-3/h5-17H,1-4H3. The number of carbonyl (C=O) groups is 2. The topological polar surface area (TPSA) is 76.0 Å². The molecule has 4 aromatic rings. The van der Waals surface area contributed by atoms with E-state index in [9.17, 15) is 9.59 Å². The molecular formula is C28H25NO6. The Morgan fingerprint density at radius 2 is 1.49 bits per heavy atom. The first-order valence-electron chi connectivity index (χ1n) is 10.8. The van der Waals surface area contributed by atoms with Crippen molar-refractivity contribution in [2.75, 3.05) is 28.4 Å². The van der Waals surface area contributed by atoms with Crippen molar-refractivity contribution in [3.05, 3.63) is 89.6 Å². The van der Waals surface area contributed by atoms with Gasteiger partial charge in [0.25, 0.3) is 5.91 Å².